The van der Waals surface area contributed by atoms with Crippen molar-refractivity contribution in [3.8, 4) is 0 Å². The van der Waals surface area contributed by atoms with Crippen LogP contribution in [0.5, 0.6) is 0 Å². The van der Waals surface area contributed by atoms with Crippen molar-refractivity contribution in [1.29, 1.82) is 0 Å². The zero-order valence-corrected chi connectivity index (χ0v) is 18.5. The van der Waals surface area contributed by atoms with E-state index >= 15 is 0 Å². The Morgan fingerprint density at radius 2 is 1.88 bits per heavy atom. The zero-order valence-electron chi connectivity index (χ0n) is 18.5. The molecule has 2 aliphatic rings. The van der Waals surface area contributed by atoms with Gasteiger partial charge in [-0.3, -0.25) is 9.59 Å². The van der Waals surface area contributed by atoms with Crippen LogP contribution in [0.4, 0.5) is 10.5 Å². The number of hydrogen-bond donors (Lipinski definition) is 2. The SMILES string of the molecule is CC12C(=O)N(c3ccccc3C(=O)NCc3ccco3)C(=O)N1CCc1c2[nH]c2ccccc12. The summed E-state index contributed by atoms with van der Waals surface area (Å²) in [6, 6.07) is 17.7. The lowest BCUT2D eigenvalue weighted by atomic mass is 9.87. The van der Waals surface area contributed by atoms with E-state index in [1.807, 2.05) is 24.3 Å². The average molecular weight is 454 g/mol. The number of urea groups is 1. The van der Waals surface area contributed by atoms with Gasteiger partial charge in [0.2, 0.25) is 0 Å². The lowest BCUT2D eigenvalue weighted by Gasteiger charge is -2.35. The number of imide groups is 1. The van der Waals surface area contributed by atoms with Gasteiger partial charge >= 0.3 is 6.03 Å². The number of aromatic nitrogens is 1. The lowest BCUT2D eigenvalue weighted by Crippen LogP contribution is -2.49. The van der Waals surface area contributed by atoms with Crippen LogP contribution in [0.25, 0.3) is 10.9 Å². The first-order valence-electron chi connectivity index (χ1n) is 11.2. The van der Waals surface area contributed by atoms with Crippen LogP contribution < -0.4 is 10.2 Å². The Hall–Kier alpha value is -4.33. The maximum atomic E-state index is 13.9. The van der Waals surface area contributed by atoms with Gasteiger partial charge in [-0.05, 0) is 49.2 Å². The van der Waals surface area contributed by atoms with Crippen LogP contribution in [0.2, 0.25) is 0 Å². The number of nitrogens with one attached hydrogen (secondary N) is 2. The third-order valence-corrected chi connectivity index (χ3v) is 6.86. The summed E-state index contributed by atoms with van der Waals surface area (Å²) in [5, 5.41) is 3.86. The summed E-state index contributed by atoms with van der Waals surface area (Å²) in [4.78, 5) is 46.7. The van der Waals surface area contributed by atoms with Crippen LogP contribution in [-0.4, -0.2) is 34.3 Å². The summed E-state index contributed by atoms with van der Waals surface area (Å²) >= 11 is 0. The molecular weight excluding hydrogens is 432 g/mol. The lowest BCUT2D eigenvalue weighted by molar-refractivity contribution is -0.125. The topological polar surface area (TPSA) is 98.7 Å². The Bertz CT molecular complexity index is 1450. The number of anilines is 1. The first kappa shape index (κ1) is 20.3. The summed E-state index contributed by atoms with van der Waals surface area (Å²) < 4.78 is 5.28. The normalized spacial score (nSPS) is 19.4. The number of benzene rings is 2. The van der Waals surface area contributed by atoms with Gasteiger partial charge in [-0.15, -0.1) is 0 Å². The molecule has 1 saturated heterocycles. The number of rotatable bonds is 4. The van der Waals surface area contributed by atoms with Crippen LogP contribution in [-0.2, 0) is 23.3 Å². The molecule has 0 radical (unpaired) electrons. The predicted octanol–water partition coefficient (Wildman–Crippen LogP) is 3.93. The second-order valence-corrected chi connectivity index (χ2v) is 8.70. The van der Waals surface area contributed by atoms with Crippen LogP contribution in [0.15, 0.2) is 71.3 Å². The number of fused-ring (bicyclic) bond motifs is 5. The maximum Gasteiger partial charge on any atom is 0.332 e. The average Bonchev–Trinajstić information content (AvgIpc) is 3.55. The molecule has 34 heavy (non-hydrogen) atoms. The van der Waals surface area contributed by atoms with Crippen LogP contribution >= 0.6 is 0 Å². The van der Waals surface area contributed by atoms with Crippen molar-refractivity contribution in [2.45, 2.75) is 25.4 Å². The molecule has 0 spiro atoms. The van der Waals surface area contributed by atoms with Crippen molar-refractivity contribution in [3.63, 3.8) is 0 Å². The predicted molar refractivity (Wildman–Crippen MR) is 125 cm³/mol. The van der Waals surface area contributed by atoms with E-state index in [1.54, 1.807) is 48.2 Å². The van der Waals surface area contributed by atoms with Crippen molar-refractivity contribution in [2.24, 2.45) is 0 Å². The van der Waals surface area contributed by atoms with Gasteiger partial charge in [0.1, 0.15) is 5.76 Å². The fourth-order valence-electron chi connectivity index (χ4n) is 5.14. The van der Waals surface area contributed by atoms with E-state index in [0.29, 0.717) is 18.7 Å². The smallest absolute Gasteiger partial charge is 0.332 e. The minimum Gasteiger partial charge on any atom is -0.467 e. The molecule has 2 N–H and O–H groups in total. The van der Waals surface area contributed by atoms with E-state index in [0.717, 1.165) is 27.1 Å². The highest BCUT2D eigenvalue weighted by Crippen LogP contribution is 2.45. The van der Waals surface area contributed by atoms with Crippen molar-refractivity contribution < 1.29 is 18.8 Å². The standard InChI is InChI=1S/C26H22N4O4/c1-26-22-18(17-8-2-4-10-20(17)28-22)12-13-29(26)25(33)30(24(26)32)21-11-5-3-9-19(21)23(31)27-15-16-7-6-14-34-16/h2-11,14,28H,12-13,15H2,1H3,(H,27,31). The first-order chi connectivity index (χ1) is 16.5. The largest absolute Gasteiger partial charge is 0.467 e. The Labute approximate surface area is 195 Å². The van der Waals surface area contributed by atoms with Gasteiger partial charge in [0.25, 0.3) is 11.8 Å². The second-order valence-electron chi connectivity index (χ2n) is 8.70. The molecule has 8 heteroatoms. The van der Waals surface area contributed by atoms with Gasteiger partial charge in [-0.2, -0.15) is 0 Å². The quantitative estimate of drug-likeness (QED) is 0.457. The summed E-state index contributed by atoms with van der Waals surface area (Å²) in [6.45, 7) is 2.39. The highest BCUT2D eigenvalue weighted by atomic mass is 16.3. The monoisotopic (exact) mass is 454 g/mol. The molecule has 2 aliphatic heterocycles. The molecule has 4 amide bonds. The van der Waals surface area contributed by atoms with E-state index in [1.165, 1.54) is 6.26 Å². The number of carbonyl (C=O) groups excluding carboxylic acids is 3. The number of aromatic amines is 1. The second kappa shape index (κ2) is 7.34. The van der Waals surface area contributed by atoms with Crippen LogP contribution in [0.1, 0.15) is 34.3 Å². The maximum absolute atomic E-state index is 13.9. The molecule has 8 nitrogen and oxygen atoms in total. The molecule has 2 aromatic heterocycles. The summed E-state index contributed by atoms with van der Waals surface area (Å²) in [7, 11) is 0. The molecule has 1 fully saturated rings. The molecule has 2 aromatic carbocycles. The molecule has 0 saturated carbocycles. The molecule has 0 bridgehead atoms. The summed E-state index contributed by atoms with van der Waals surface area (Å²) in [5.74, 6) is -0.166. The number of carbonyl (C=O) groups is 3. The number of furan rings is 1. The highest BCUT2D eigenvalue weighted by molar-refractivity contribution is 6.25. The molecule has 4 heterocycles. The van der Waals surface area contributed by atoms with Crippen molar-refractivity contribution in [1.82, 2.24) is 15.2 Å². The summed E-state index contributed by atoms with van der Waals surface area (Å²) in [6.07, 6.45) is 2.18. The molecule has 6 rings (SSSR count). The Morgan fingerprint density at radius 3 is 2.71 bits per heavy atom. The molecule has 170 valence electrons. The van der Waals surface area contributed by atoms with Gasteiger partial charge in [-0.25, -0.2) is 9.69 Å². The minimum absolute atomic E-state index is 0.199. The van der Waals surface area contributed by atoms with E-state index in [4.69, 9.17) is 4.42 Å². The van der Waals surface area contributed by atoms with Gasteiger partial charge in [0.05, 0.1) is 29.8 Å². The number of amides is 4. The fourth-order valence-corrected chi connectivity index (χ4v) is 5.14. The fraction of sp³-hybridized carbons (Fsp3) is 0.192. The number of nitrogens with zero attached hydrogens (tertiary/aromatic N) is 2. The van der Waals surface area contributed by atoms with E-state index < -0.39 is 17.5 Å². The minimum atomic E-state index is -1.18. The van der Waals surface area contributed by atoms with E-state index in [-0.39, 0.29) is 23.7 Å². The van der Waals surface area contributed by atoms with Gasteiger partial charge in [0, 0.05) is 17.4 Å². The van der Waals surface area contributed by atoms with Crippen molar-refractivity contribution in [3.05, 3.63) is 89.5 Å². The van der Waals surface area contributed by atoms with Crippen molar-refractivity contribution >= 4 is 34.4 Å². The van der Waals surface area contributed by atoms with Crippen LogP contribution in [0.3, 0.4) is 0 Å². The number of H-pyrrole nitrogens is 1. The molecule has 1 unspecified atom stereocenters. The molecule has 1 atom stereocenters. The highest BCUT2D eigenvalue weighted by Gasteiger charge is 2.59. The Morgan fingerprint density at radius 1 is 1.09 bits per heavy atom. The van der Waals surface area contributed by atoms with Crippen molar-refractivity contribution in [2.75, 3.05) is 11.4 Å². The molecule has 0 aliphatic carbocycles. The Kier molecular flexibility index (Phi) is 4.38. The van der Waals surface area contributed by atoms with Gasteiger partial charge in [-0.1, -0.05) is 30.3 Å². The zero-order chi connectivity index (χ0) is 23.4. The molecular formula is C26H22N4O4. The van der Waals surface area contributed by atoms with Gasteiger partial charge in [0.15, 0.2) is 5.54 Å². The third kappa shape index (κ3) is 2.75. The van der Waals surface area contributed by atoms with Crippen LogP contribution in [0, 0.1) is 0 Å². The number of hydrogen-bond acceptors (Lipinski definition) is 4. The first-order valence-corrected chi connectivity index (χ1v) is 11.2. The van der Waals surface area contributed by atoms with E-state index in [9.17, 15) is 14.4 Å². The van der Waals surface area contributed by atoms with Gasteiger partial charge < -0.3 is 19.6 Å². The third-order valence-electron chi connectivity index (χ3n) is 6.86. The molecule has 4 aromatic rings. The van der Waals surface area contributed by atoms with E-state index in [2.05, 4.69) is 10.3 Å². The summed E-state index contributed by atoms with van der Waals surface area (Å²) in [5.41, 5.74) is 2.06. The number of para-hydroxylation sites is 2. The Balaban J connectivity index is 1.39.